The number of fused-ring (bicyclic) bond motifs is 1. The zero-order valence-electron chi connectivity index (χ0n) is 26.2. The summed E-state index contributed by atoms with van der Waals surface area (Å²) in [7, 11) is 1.53. The Hall–Kier alpha value is -3.38. The van der Waals surface area contributed by atoms with E-state index < -0.39 is 60.9 Å². The third kappa shape index (κ3) is 9.82. The van der Waals surface area contributed by atoms with Crippen LogP contribution in [0.1, 0.15) is 90.7 Å². The van der Waals surface area contributed by atoms with Gasteiger partial charge in [-0.3, -0.25) is 18.4 Å². The van der Waals surface area contributed by atoms with Gasteiger partial charge in [0.25, 0.3) is 5.91 Å². The molecule has 3 heterocycles. The number of halogens is 5. The number of alkyl halides is 5. The van der Waals surface area contributed by atoms with E-state index >= 15 is 0 Å². The van der Waals surface area contributed by atoms with Gasteiger partial charge in [0.2, 0.25) is 5.91 Å². The first-order valence-corrected chi connectivity index (χ1v) is 16.1. The predicted octanol–water partition coefficient (Wildman–Crippen LogP) is 5.04. The minimum atomic E-state index is -4.69. The first-order chi connectivity index (χ1) is 22.4. The molecule has 0 spiro atoms. The van der Waals surface area contributed by atoms with Crippen molar-refractivity contribution in [3.05, 3.63) is 41.1 Å². The van der Waals surface area contributed by atoms with Gasteiger partial charge < -0.3 is 20.1 Å². The van der Waals surface area contributed by atoms with E-state index in [-0.39, 0.29) is 42.2 Å². The summed E-state index contributed by atoms with van der Waals surface area (Å²) in [6.07, 6.45) is -0.0593. The number of carbonyl (C=O) groups excluding carboxylic acids is 2. The van der Waals surface area contributed by atoms with Gasteiger partial charge in [0.15, 0.2) is 16.9 Å². The summed E-state index contributed by atoms with van der Waals surface area (Å²) in [5.74, 6) is -1.04. The molecule has 0 radical (unpaired) electrons. The van der Waals surface area contributed by atoms with Crippen molar-refractivity contribution in [1.29, 1.82) is 0 Å². The molecule has 2 amide bonds. The smallest absolute Gasteiger partial charge is 0.384 e. The van der Waals surface area contributed by atoms with Gasteiger partial charge in [-0.25, -0.2) is 14.1 Å². The summed E-state index contributed by atoms with van der Waals surface area (Å²) in [6.45, 7) is 0.218. The van der Waals surface area contributed by atoms with Crippen molar-refractivity contribution >= 4 is 29.2 Å². The third-order valence-corrected chi connectivity index (χ3v) is 8.81. The highest BCUT2D eigenvalue weighted by Gasteiger charge is 2.49. The van der Waals surface area contributed by atoms with Crippen LogP contribution in [0.25, 0.3) is 5.65 Å². The van der Waals surface area contributed by atoms with Crippen LogP contribution in [0.5, 0.6) is 0 Å². The number of amides is 2. The highest BCUT2D eigenvalue weighted by atomic mass is 32.2. The maximum absolute atomic E-state index is 13.6. The first kappa shape index (κ1) is 36.5. The lowest BCUT2D eigenvalue weighted by molar-refractivity contribution is -0.265. The second kappa shape index (κ2) is 16.1. The van der Waals surface area contributed by atoms with Gasteiger partial charge in [-0.05, 0) is 56.7 Å². The Labute approximate surface area is 271 Å². The van der Waals surface area contributed by atoms with Crippen LogP contribution in [0, 0.1) is 5.92 Å². The number of imidazole rings is 1. The molecule has 2 N–H and O–H groups in total. The van der Waals surface area contributed by atoms with Crippen molar-refractivity contribution in [1.82, 2.24) is 35.5 Å². The largest absolute Gasteiger partial charge is 0.416 e. The van der Waals surface area contributed by atoms with Crippen LogP contribution in [-0.4, -0.2) is 87.9 Å². The van der Waals surface area contributed by atoms with E-state index in [4.69, 9.17) is 14.1 Å². The molecule has 3 aromatic heterocycles. The van der Waals surface area contributed by atoms with Crippen molar-refractivity contribution < 1.29 is 45.6 Å². The van der Waals surface area contributed by atoms with Crippen LogP contribution in [-0.2, 0) is 14.3 Å². The molecule has 2 atom stereocenters. The van der Waals surface area contributed by atoms with E-state index in [1.54, 1.807) is 6.07 Å². The van der Waals surface area contributed by atoms with Crippen LogP contribution in [0.15, 0.2) is 23.1 Å². The summed E-state index contributed by atoms with van der Waals surface area (Å²) in [6, 6.07) is 0.473. The lowest BCUT2D eigenvalue weighted by Crippen LogP contribution is -2.44. The van der Waals surface area contributed by atoms with Gasteiger partial charge in [0.05, 0.1) is 50.7 Å². The van der Waals surface area contributed by atoms with E-state index in [0.29, 0.717) is 23.6 Å². The molecule has 4 rings (SSSR count). The van der Waals surface area contributed by atoms with Crippen molar-refractivity contribution in [2.75, 3.05) is 39.4 Å². The van der Waals surface area contributed by atoms with Crippen molar-refractivity contribution in [2.45, 2.75) is 75.1 Å². The molecular weight excluding hydrogens is 653 g/mol. The van der Waals surface area contributed by atoms with Gasteiger partial charge in [-0.1, -0.05) is 5.16 Å². The van der Waals surface area contributed by atoms with Gasteiger partial charge in [0, 0.05) is 30.8 Å². The molecule has 260 valence electrons. The monoisotopic (exact) mass is 691 g/mol. The molecule has 18 heteroatoms. The van der Waals surface area contributed by atoms with Crippen molar-refractivity contribution in [3.63, 3.8) is 0 Å². The predicted molar refractivity (Wildman–Crippen MR) is 160 cm³/mol. The van der Waals surface area contributed by atoms with E-state index in [1.165, 1.54) is 35.8 Å². The van der Waals surface area contributed by atoms with Crippen molar-refractivity contribution in [3.8, 4) is 0 Å². The number of nitrogens with one attached hydrogen (secondary N) is 2. The molecule has 1 unspecified atom stereocenters. The van der Waals surface area contributed by atoms with E-state index in [0.717, 1.165) is 26.7 Å². The lowest BCUT2D eigenvalue weighted by Gasteiger charge is -2.29. The molecule has 12 nitrogen and oxygen atoms in total. The third-order valence-electron chi connectivity index (χ3n) is 7.68. The molecule has 1 aliphatic carbocycles. The SMILES string of the molecule is COCCSC(NC(=O)CC(CCF)CCF)c1cnn2cc([C@H](COC(C)(C)C(F)(F)F)NC(=O)c3nonc3C3CC3)nc2c1. The molecule has 47 heavy (non-hydrogen) atoms. The molecular formula is C29H38F5N7O5S. The molecule has 3 aromatic rings. The standard InChI is InChI=1S/C29H38F5N7O5S/c1-28(2,29(32,33)34)45-16-21(37-26(43)25-24(18-4-5-18)39-46-40-25)20-15-41-22(36-20)13-19(14-35-41)27(47-11-10-44-3)38-23(42)12-17(6-8-30)7-9-31/h13-15,17-18,21,27H,4-12,16H2,1-3H3,(H,37,43)(H,38,42)/t21-,27?/m0/s1. The minimum absolute atomic E-state index is 0.0205. The summed E-state index contributed by atoms with van der Waals surface area (Å²) in [5, 5.41) is 16.8. The normalized spacial score (nSPS) is 15.3. The average molecular weight is 692 g/mol. The zero-order valence-corrected chi connectivity index (χ0v) is 27.0. The molecule has 1 aliphatic rings. The number of nitrogens with zero attached hydrogens (tertiary/aromatic N) is 5. The Morgan fingerprint density at radius 3 is 2.51 bits per heavy atom. The number of thioether (sulfide) groups is 1. The van der Waals surface area contributed by atoms with Gasteiger partial charge in [-0.2, -0.15) is 18.3 Å². The fraction of sp³-hybridized carbons (Fsp3) is 0.655. The minimum Gasteiger partial charge on any atom is -0.384 e. The first-order valence-electron chi connectivity index (χ1n) is 15.1. The summed E-state index contributed by atoms with van der Waals surface area (Å²) in [4.78, 5) is 30.6. The van der Waals surface area contributed by atoms with Gasteiger partial charge >= 0.3 is 6.18 Å². The number of methoxy groups -OCH3 is 1. The molecule has 0 aromatic carbocycles. The fourth-order valence-electron chi connectivity index (χ4n) is 4.59. The number of carbonyl (C=O) groups is 2. The highest BCUT2D eigenvalue weighted by Crippen LogP contribution is 2.40. The number of hydrogen-bond acceptors (Lipinski definition) is 10. The molecule has 0 aliphatic heterocycles. The van der Waals surface area contributed by atoms with Gasteiger partial charge in [0.1, 0.15) is 11.1 Å². The number of aromatic nitrogens is 5. The average Bonchev–Trinajstić information content (AvgIpc) is 3.57. The number of hydrogen-bond donors (Lipinski definition) is 2. The summed E-state index contributed by atoms with van der Waals surface area (Å²) >= 11 is 1.34. The maximum atomic E-state index is 13.6. The second-order valence-corrected chi connectivity index (χ2v) is 12.9. The Bertz CT molecular complexity index is 1480. The summed E-state index contributed by atoms with van der Waals surface area (Å²) in [5.41, 5.74) is -1.27. The Kier molecular flexibility index (Phi) is 12.5. The molecule has 1 fully saturated rings. The Balaban J connectivity index is 1.59. The van der Waals surface area contributed by atoms with Crippen molar-refractivity contribution in [2.24, 2.45) is 5.92 Å². The van der Waals surface area contributed by atoms with Gasteiger partial charge in [-0.15, -0.1) is 11.8 Å². The number of rotatable bonds is 19. The Morgan fingerprint density at radius 2 is 1.87 bits per heavy atom. The van der Waals surface area contributed by atoms with Crippen LogP contribution in [0.4, 0.5) is 22.0 Å². The van der Waals surface area contributed by atoms with E-state index in [1.807, 2.05) is 0 Å². The highest BCUT2D eigenvalue weighted by molar-refractivity contribution is 7.99. The zero-order chi connectivity index (χ0) is 34.2. The topological polar surface area (TPSA) is 146 Å². The lowest BCUT2D eigenvalue weighted by atomic mass is 9.98. The quantitative estimate of drug-likeness (QED) is 0.0997. The van der Waals surface area contributed by atoms with Crippen LogP contribution in [0.2, 0.25) is 0 Å². The molecule has 1 saturated carbocycles. The van der Waals surface area contributed by atoms with Crippen LogP contribution in [0.3, 0.4) is 0 Å². The maximum Gasteiger partial charge on any atom is 0.416 e. The summed E-state index contributed by atoms with van der Waals surface area (Å²) < 4.78 is 83.2. The molecule has 0 saturated heterocycles. The Morgan fingerprint density at radius 1 is 1.15 bits per heavy atom. The van der Waals surface area contributed by atoms with E-state index in [9.17, 15) is 31.5 Å². The second-order valence-electron chi connectivity index (χ2n) is 11.7. The van der Waals surface area contributed by atoms with Crippen LogP contribution >= 0.6 is 11.8 Å². The number of ether oxygens (including phenoxy) is 2. The van der Waals surface area contributed by atoms with E-state index in [2.05, 4.69) is 31.0 Å². The fourth-order valence-corrected chi connectivity index (χ4v) is 5.63. The molecule has 0 bridgehead atoms. The van der Waals surface area contributed by atoms with Crippen LogP contribution < -0.4 is 10.6 Å².